The number of nitrogens with zero attached hydrogens (tertiary/aromatic N) is 1. The minimum Gasteiger partial charge on any atom is -0.378 e. The molecule has 0 amide bonds. The standard InChI is InChI=1S/C14H19NO3/c16-15(17)10-9-13-5-3-12(4-6-13)7-8-14-2-1-11-18-14/h3-6,14H,1-2,7-11H2. The molecular formula is C14H19NO3. The normalized spacial score (nSPS) is 19.0. The zero-order chi connectivity index (χ0) is 12.8. The van der Waals surface area contributed by atoms with E-state index in [2.05, 4.69) is 12.1 Å². The van der Waals surface area contributed by atoms with Crippen LogP contribution >= 0.6 is 0 Å². The van der Waals surface area contributed by atoms with Gasteiger partial charge in [0.2, 0.25) is 6.54 Å². The van der Waals surface area contributed by atoms with Crippen LogP contribution in [0, 0.1) is 10.1 Å². The molecule has 0 spiro atoms. The number of hydrogen-bond acceptors (Lipinski definition) is 3. The van der Waals surface area contributed by atoms with Crippen molar-refractivity contribution in [3.05, 3.63) is 45.5 Å². The van der Waals surface area contributed by atoms with Gasteiger partial charge in [-0.2, -0.15) is 0 Å². The summed E-state index contributed by atoms with van der Waals surface area (Å²) in [7, 11) is 0. The molecule has 0 saturated carbocycles. The zero-order valence-corrected chi connectivity index (χ0v) is 10.5. The first-order valence-corrected chi connectivity index (χ1v) is 6.55. The quantitative estimate of drug-likeness (QED) is 0.575. The summed E-state index contributed by atoms with van der Waals surface area (Å²) >= 11 is 0. The van der Waals surface area contributed by atoms with Crippen LogP contribution in [0.25, 0.3) is 0 Å². The number of ether oxygens (including phenoxy) is 1. The zero-order valence-electron chi connectivity index (χ0n) is 10.5. The van der Waals surface area contributed by atoms with Gasteiger partial charge in [0.15, 0.2) is 0 Å². The van der Waals surface area contributed by atoms with Crippen LogP contribution in [-0.4, -0.2) is 24.2 Å². The molecule has 4 nitrogen and oxygen atoms in total. The molecule has 1 fully saturated rings. The Bertz CT molecular complexity index is 383. The highest BCUT2D eigenvalue weighted by Gasteiger charge is 2.14. The Kier molecular flexibility index (Phi) is 4.70. The minimum absolute atomic E-state index is 0.00919. The largest absolute Gasteiger partial charge is 0.378 e. The average molecular weight is 249 g/mol. The maximum absolute atomic E-state index is 10.3. The lowest BCUT2D eigenvalue weighted by Crippen LogP contribution is -2.06. The Labute approximate surface area is 107 Å². The van der Waals surface area contributed by atoms with Crippen LogP contribution in [-0.2, 0) is 17.6 Å². The second kappa shape index (κ2) is 6.50. The van der Waals surface area contributed by atoms with Gasteiger partial charge < -0.3 is 4.74 Å². The molecule has 18 heavy (non-hydrogen) atoms. The van der Waals surface area contributed by atoms with Crippen LogP contribution in [0.3, 0.4) is 0 Å². The van der Waals surface area contributed by atoms with Crippen molar-refractivity contribution in [1.29, 1.82) is 0 Å². The van der Waals surface area contributed by atoms with E-state index in [0.29, 0.717) is 12.5 Å². The summed E-state index contributed by atoms with van der Waals surface area (Å²) in [4.78, 5) is 10.0. The number of aryl methyl sites for hydroxylation is 1. The molecule has 1 atom stereocenters. The second-order valence-corrected chi connectivity index (χ2v) is 4.80. The third kappa shape index (κ3) is 4.11. The molecule has 4 heteroatoms. The Hall–Kier alpha value is -1.42. The van der Waals surface area contributed by atoms with Crippen LogP contribution in [0.4, 0.5) is 0 Å². The van der Waals surface area contributed by atoms with Gasteiger partial charge >= 0.3 is 0 Å². The fourth-order valence-electron chi connectivity index (χ4n) is 2.29. The predicted molar refractivity (Wildman–Crippen MR) is 69.3 cm³/mol. The van der Waals surface area contributed by atoms with Gasteiger partial charge in [0.1, 0.15) is 0 Å². The van der Waals surface area contributed by atoms with Gasteiger partial charge in [0.25, 0.3) is 0 Å². The highest BCUT2D eigenvalue weighted by molar-refractivity contribution is 5.22. The van der Waals surface area contributed by atoms with Crippen molar-refractivity contribution < 1.29 is 9.66 Å². The highest BCUT2D eigenvalue weighted by Crippen LogP contribution is 2.18. The molecule has 0 bridgehead atoms. The lowest BCUT2D eigenvalue weighted by atomic mass is 10.0. The molecule has 98 valence electrons. The summed E-state index contributed by atoms with van der Waals surface area (Å²) in [6.07, 6.45) is 5.41. The topological polar surface area (TPSA) is 52.4 Å². The van der Waals surface area contributed by atoms with Gasteiger partial charge in [-0.1, -0.05) is 24.3 Å². The van der Waals surface area contributed by atoms with Crippen molar-refractivity contribution in [2.45, 2.75) is 38.2 Å². The molecule has 1 aliphatic rings. The monoisotopic (exact) mass is 249 g/mol. The van der Waals surface area contributed by atoms with E-state index in [4.69, 9.17) is 4.74 Å². The average Bonchev–Trinajstić information content (AvgIpc) is 2.88. The van der Waals surface area contributed by atoms with Gasteiger partial charge in [-0.05, 0) is 36.8 Å². The fourth-order valence-corrected chi connectivity index (χ4v) is 2.29. The van der Waals surface area contributed by atoms with Crippen LogP contribution in [0.1, 0.15) is 30.4 Å². The fraction of sp³-hybridized carbons (Fsp3) is 0.571. The highest BCUT2D eigenvalue weighted by atomic mass is 16.6. The smallest absolute Gasteiger partial charge is 0.207 e. The summed E-state index contributed by atoms with van der Waals surface area (Å²) in [5.74, 6) is 0. The van der Waals surface area contributed by atoms with Gasteiger partial charge in [-0.25, -0.2) is 0 Å². The lowest BCUT2D eigenvalue weighted by molar-refractivity contribution is -0.479. The van der Waals surface area contributed by atoms with E-state index >= 15 is 0 Å². The van der Waals surface area contributed by atoms with Gasteiger partial charge in [0, 0.05) is 18.0 Å². The molecule has 1 aromatic carbocycles. The number of benzene rings is 1. The van der Waals surface area contributed by atoms with Crippen LogP contribution in [0.15, 0.2) is 24.3 Å². The third-order valence-electron chi connectivity index (χ3n) is 3.39. The Balaban J connectivity index is 1.77. The summed E-state index contributed by atoms with van der Waals surface area (Å²) in [5, 5.41) is 10.3. The first kappa shape index (κ1) is 13.0. The van der Waals surface area contributed by atoms with Gasteiger partial charge in [-0.3, -0.25) is 10.1 Å². The Morgan fingerprint density at radius 2 is 1.89 bits per heavy atom. The van der Waals surface area contributed by atoms with Crippen molar-refractivity contribution in [1.82, 2.24) is 0 Å². The number of nitro groups is 1. The van der Waals surface area contributed by atoms with E-state index < -0.39 is 0 Å². The van der Waals surface area contributed by atoms with E-state index in [0.717, 1.165) is 25.0 Å². The molecule has 1 unspecified atom stereocenters. The van der Waals surface area contributed by atoms with Crippen LogP contribution in [0.2, 0.25) is 0 Å². The van der Waals surface area contributed by atoms with E-state index in [9.17, 15) is 10.1 Å². The van der Waals surface area contributed by atoms with Gasteiger partial charge in [-0.15, -0.1) is 0 Å². The predicted octanol–water partition coefficient (Wildman–Crippen LogP) is 2.62. The van der Waals surface area contributed by atoms with Crippen LogP contribution in [0.5, 0.6) is 0 Å². The Morgan fingerprint density at radius 3 is 2.44 bits per heavy atom. The number of hydrogen-bond donors (Lipinski definition) is 0. The van der Waals surface area contributed by atoms with Crippen molar-refractivity contribution in [3.63, 3.8) is 0 Å². The van der Waals surface area contributed by atoms with Crippen molar-refractivity contribution in [2.24, 2.45) is 0 Å². The minimum atomic E-state index is -0.272. The second-order valence-electron chi connectivity index (χ2n) is 4.80. The van der Waals surface area contributed by atoms with E-state index in [1.54, 1.807) is 0 Å². The van der Waals surface area contributed by atoms with Gasteiger partial charge in [0.05, 0.1) is 6.10 Å². The van der Waals surface area contributed by atoms with Crippen molar-refractivity contribution in [3.8, 4) is 0 Å². The SMILES string of the molecule is O=[N+]([O-])CCc1ccc(CCC2CCCO2)cc1. The third-order valence-corrected chi connectivity index (χ3v) is 3.39. The Morgan fingerprint density at radius 1 is 1.22 bits per heavy atom. The van der Waals surface area contributed by atoms with E-state index in [-0.39, 0.29) is 11.5 Å². The molecule has 1 aromatic rings. The molecular weight excluding hydrogens is 230 g/mol. The van der Waals surface area contributed by atoms with E-state index in [1.165, 1.54) is 18.4 Å². The first-order chi connectivity index (χ1) is 8.74. The molecule has 1 aliphatic heterocycles. The summed E-state index contributed by atoms with van der Waals surface area (Å²) in [6, 6.07) is 8.14. The molecule has 1 heterocycles. The molecule has 1 saturated heterocycles. The van der Waals surface area contributed by atoms with Crippen molar-refractivity contribution in [2.75, 3.05) is 13.2 Å². The number of rotatable bonds is 6. The van der Waals surface area contributed by atoms with Crippen LogP contribution < -0.4 is 0 Å². The molecule has 0 aromatic heterocycles. The van der Waals surface area contributed by atoms with E-state index in [1.807, 2.05) is 12.1 Å². The lowest BCUT2D eigenvalue weighted by Gasteiger charge is -2.09. The molecule has 2 rings (SSSR count). The summed E-state index contributed by atoms with van der Waals surface area (Å²) < 4.78 is 5.59. The van der Waals surface area contributed by atoms with Crippen molar-refractivity contribution >= 4 is 0 Å². The maximum atomic E-state index is 10.3. The summed E-state index contributed by atoms with van der Waals surface area (Å²) in [5.41, 5.74) is 2.32. The molecule has 0 radical (unpaired) electrons. The maximum Gasteiger partial charge on any atom is 0.207 e. The molecule has 0 N–H and O–H groups in total. The molecule has 0 aliphatic carbocycles. The summed E-state index contributed by atoms with van der Waals surface area (Å²) in [6.45, 7) is 0.916. The first-order valence-electron chi connectivity index (χ1n) is 6.55.